The smallest absolute Gasteiger partial charge is 0.203 e. The van der Waals surface area contributed by atoms with Gasteiger partial charge in [-0.05, 0) is 39.0 Å². The highest BCUT2D eigenvalue weighted by molar-refractivity contribution is 5.60. The first-order valence-electron chi connectivity index (χ1n) is 7.18. The molecule has 0 unspecified atom stereocenters. The predicted molar refractivity (Wildman–Crippen MR) is 82.3 cm³/mol. The van der Waals surface area contributed by atoms with E-state index in [-0.39, 0.29) is 0 Å². The van der Waals surface area contributed by atoms with Crippen molar-refractivity contribution in [2.24, 2.45) is 0 Å². The number of nitrogens with zero attached hydrogens (tertiary/aromatic N) is 1. The third-order valence-corrected chi connectivity index (χ3v) is 3.28. The molecule has 0 N–H and O–H groups in total. The van der Waals surface area contributed by atoms with E-state index in [1.54, 1.807) is 6.26 Å². The van der Waals surface area contributed by atoms with Gasteiger partial charge in [-0.1, -0.05) is 0 Å². The Hall–Kier alpha value is -2.03. The summed E-state index contributed by atoms with van der Waals surface area (Å²) in [4.78, 5) is 0. The van der Waals surface area contributed by atoms with Crippen molar-refractivity contribution < 1.29 is 9.15 Å². The van der Waals surface area contributed by atoms with Gasteiger partial charge in [-0.15, -0.1) is 0 Å². The normalized spacial score (nSPS) is 11.2. The van der Waals surface area contributed by atoms with E-state index in [0.29, 0.717) is 6.61 Å². The zero-order valence-corrected chi connectivity index (χ0v) is 12.4. The van der Waals surface area contributed by atoms with E-state index in [2.05, 4.69) is 42.7 Å². The average molecular weight is 272 g/mol. The van der Waals surface area contributed by atoms with Crippen LogP contribution in [-0.4, -0.2) is 19.7 Å². The van der Waals surface area contributed by atoms with Crippen LogP contribution in [0.25, 0.3) is 17.4 Å². The second-order valence-corrected chi connectivity index (χ2v) is 4.49. The van der Waals surface area contributed by atoms with Gasteiger partial charge in [-0.3, -0.25) is 0 Å². The molecular weight excluding hydrogens is 250 g/mol. The molecule has 0 radical (unpaired) electrons. The van der Waals surface area contributed by atoms with E-state index in [1.165, 1.54) is 5.36 Å². The minimum absolute atomic E-state index is 0.663. The van der Waals surface area contributed by atoms with Crippen LogP contribution in [0.15, 0.2) is 41.0 Å². The Kier molecular flexibility index (Phi) is 4.99. The zero-order valence-electron chi connectivity index (χ0n) is 12.4. The lowest BCUT2D eigenvalue weighted by atomic mass is 10.1. The Balaban J connectivity index is 2.45. The molecule has 0 bridgehead atoms. The minimum atomic E-state index is 0.663. The van der Waals surface area contributed by atoms with Crippen LogP contribution < -0.4 is 9.93 Å². The maximum Gasteiger partial charge on any atom is 0.203 e. The van der Waals surface area contributed by atoms with Gasteiger partial charge in [0.1, 0.15) is 24.6 Å². The molecule has 2 rings (SSSR count). The van der Waals surface area contributed by atoms with Gasteiger partial charge in [0.15, 0.2) is 0 Å². The highest BCUT2D eigenvalue weighted by Crippen LogP contribution is 2.21. The summed E-state index contributed by atoms with van der Waals surface area (Å²) in [7, 11) is 0. The van der Waals surface area contributed by atoms with Gasteiger partial charge in [-0.2, -0.15) is 0 Å². The lowest BCUT2D eigenvalue weighted by Crippen LogP contribution is -2.29. The van der Waals surface area contributed by atoms with Crippen LogP contribution in [0, 0.1) is 0 Å². The summed E-state index contributed by atoms with van der Waals surface area (Å²) in [6.45, 7) is 8.92. The van der Waals surface area contributed by atoms with Crippen LogP contribution in [-0.2, 0) is 4.74 Å². The molecule has 1 heterocycles. The Morgan fingerprint density at radius 3 is 2.55 bits per heavy atom. The van der Waals surface area contributed by atoms with E-state index in [4.69, 9.17) is 9.15 Å². The first kappa shape index (κ1) is 14.4. The molecule has 20 heavy (non-hydrogen) atoms. The first-order chi connectivity index (χ1) is 9.78. The molecule has 3 nitrogen and oxygen atoms in total. The molecule has 0 aromatic heterocycles. The summed E-state index contributed by atoms with van der Waals surface area (Å²) in [5, 5.41) is 1.19. The van der Waals surface area contributed by atoms with Crippen LogP contribution >= 0.6 is 0 Å². The molecule has 0 saturated heterocycles. The largest absolute Gasteiger partial charge is 0.501 e. The van der Waals surface area contributed by atoms with Gasteiger partial charge in [0, 0.05) is 17.7 Å². The van der Waals surface area contributed by atoms with E-state index in [1.807, 2.05) is 19.1 Å². The molecule has 0 fully saturated rings. The quantitative estimate of drug-likeness (QED) is 0.617. The maximum atomic E-state index is 5.89. The molecule has 2 aliphatic rings. The maximum absolute atomic E-state index is 5.89. The summed E-state index contributed by atoms with van der Waals surface area (Å²) in [6, 6.07) is 10.4. The Labute approximate surface area is 120 Å². The second-order valence-electron chi connectivity index (χ2n) is 4.49. The number of hydrogen-bond donors (Lipinski definition) is 0. The fourth-order valence-electron chi connectivity index (χ4n) is 2.17. The highest BCUT2D eigenvalue weighted by Gasteiger charge is 2.08. The number of rotatable bonds is 5. The van der Waals surface area contributed by atoms with Crippen LogP contribution in [0.2, 0.25) is 0 Å². The van der Waals surface area contributed by atoms with Crippen molar-refractivity contribution in [2.45, 2.75) is 20.8 Å². The molecule has 0 amide bonds. The second kappa shape index (κ2) is 6.94. The molecule has 0 spiro atoms. The number of ether oxygens (including phenoxy) is 1. The van der Waals surface area contributed by atoms with Crippen LogP contribution in [0.5, 0.6) is 0 Å². The van der Waals surface area contributed by atoms with Gasteiger partial charge in [-0.25, -0.2) is 4.58 Å². The summed E-state index contributed by atoms with van der Waals surface area (Å²) >= 11 is 0. The SMILES string of the molecule is CCO/C=C/c1ccc2ccc(=[N+](CC)CC)cc-2o1. The Morgan fingerprint density at radius 2 is 1.85 bits per heavy atom. The fraction of sp³-hybridized carbons (Fsp3) is 0.353. The van der Waals surface area contributed by atoms with Gasteiger partial charge < -0.3 is 9.15 Å². The number of fused-ring (bicyclic) bond motifs is 1. The van der Waals surface area contributed by atoms with Gasteiger partial charge in [0.25, 0.3) is 0 Å². The minimum Gasteiger partial charge on any atom is -0.501 e. The van der Waals surface area contributed by atoms with Crippen molar-refractivity contribution in [3.8, 4) is 11.3 Å². The van der Waals surface area contributed by atoms with Crippen LogP contribution in [0.3, 0.4) is 0 Å². The molecule has 0 aromatic carbocycles. The lowest BCUT2D eigenvalue weighted by Gasteiger charge is -2.05. The Morgan fingerprint density at radius 1 is 1.10 bits per heavy atom. The summed E-state index contributed by atoms with van der Waals surface area (Å²) in [6.07, 6.45) is 3.51. The van der Waals surface area contributed by atoms with E-state index >= 15 is 0 Å². The zero-order chi connectivity index (χ0) is 14.4. The lowest BCUT2D eigenvalue weighted by molar-refractivity contribution is 0.271. The average Bonchev–Trinajstić information content (AvgIpc) is 2.48. The molecule has 106 valence electrons. The van der Waals surface area contributed by atoms with Crippen molar-refractivity contribution in [3.63, 3.8) is 0 Å². The molecule has 0 atom stereocenters. The molecule has 0 saturated carbocycles. The van der Waals surface area contributed by atoms with E-state index in [9.17, 15) is 0 Å². The molecule has 1 aliphatic heterocycles. The topological polar surface area (TPSA) is 25.4 Å². The van der Waals surface area contributed by atoms with Gasteiger partial charge >= 0.3 is 0 Å². The standard InChI is InChI=1S/C17H22NO2/c1-4-18(5-2)15-9-7-14-8-10-16(11-12-19-6-3)20-17(14)13-15/h7-13H,4-6H2,1-3H3/q+1/b12-11+. The van der Waals surface area contributed by atoms with Crippen molar-refractivity contribution in [2.75, 3.05) is 19.7 Å². The number of hydrogen-bond acceptors (Lipinski definition) is 2. The van der Waals surface area contributed by atoms with Crippen molar-refractivity contribution >= 4 is 6.08 Å². The fourth-order valence-corrected chi connectivity index (χ4v) is 2.17. The molecule has 1 aliphatic carbocycles. The van der Waals surface area contributed by atoms with Crippen molar-refractivity contribution in [1.29, 1.82) is 0 Å². The summed E-state index contributed by atoms with van der Waals surface area (Å²) < 4.78 is 13.4. The van der Waals surface area contributed by atoms with Gasteiger partial charge in [0.2, 0.25) is 5.36 Å². The number of benzene rings is 1. The van der Waals surface area contributed by atoms with E-state index < -0.39 is 0 Å². The molecule has 3 heteroatoms. The Bertz CT molecular complexity index is 619. The van der Waals surface area contributed by atoms with Gasteiger partial charge in [0.05, 0.1) is 18.9 Å². The summed E-state index contributed by atoms with van der Waals surface area (Å²) in [5.74, 6) is 1.69. The molecular formula is C17H22NO2+. The predicted octanol–water partition coefficient (Wildman–Crippen LogP) is 3.20. The third kappa shape index (κ3) is 3.29. The highest BCUT2D eigenvalue weighted by atomic mass is 16.5. The molecule has 0 aromatic rings. The van der Waals surface area contributed by atoms with Crippen LogP contribution in [0.1, 0.15) is 26.5 Å². The van der Waals surface area contributed by atoms with Crippen molar-refractivity contribution in [3.05, 3.63) is 47.7 Å². The third-order valence-electron chi connectivity index (χ3n) is 3.28. The first-order valence-corrected chi connectivity index (χ1v) is 7.18. The van der Waals surface area contributed by atoms with Crippen LogP contribution in [0.4, 0.5) is 0 Å². The van der Waals surface area contributed by atoms with Crippen molar-refractivity contribution in [1.82, 2.24) is 4.58 Å². The summed E-state index contributed by atoms with van der Waals surface area (Å²) in [5.41, 5.74) is 1.11. The van der Waals surface area contributed by atoms with E-state index in [0.717, 1.165) is 30.2 Å². The monoisotopic (exact) mass is 272 g/mol.